The SMILES string of the molecule is CCCCCCCSC(C)[Se]P(=S)(CCc1ccc(OC)cc1)CCc1ccc(OC)cc1. The van der Waals surface area contributed by atoms with Crippen LogP contribution in [0.1, 0.15) is 57.1 Å². The Labute approximate surface area is 217 Å². The van der Waals surface area contributed by atoms with Gasteiger partial charge in [-0.15, -0.1) is 0 Å². The Morgan fingerprint density at radius 3 is 1.76 bits per heavy atom. The fourth-order valence-electron chi connectivity index (χ4n) is 3.66. The third-order valence-electron chi connectivity index (χ3n) is 5.74. The molecule has 0 amide bonds. The summed E-state index contributed by atoms with van der Waals surface area (Å²) >= 11 is 9.18. The van der Waals surface area contributed by atoms with Gasteiger partial charge in [0.1, 0.15) is 0 Å². The maximum absolute atomic E-state index is 6.49. The molecule has 0 N–H and O–H groups in total. The number of thioether (sulfide) groups is 1. The van der Waals surface area contributed by atoms with Crippen LogP contribution in [0.25, 0.3) is 0 Å². The van der Waals surface area contributed by atoms with Crippen LogP contribution in [0.3, 0.4) is 0 Å². The van der Waals surface area contributed by atoms with Gasteiger partial charge >= 0.3 is 219 Å². The predicted octanol–water partition coefficient (Wildman–Crippen LogP) is 7.64. The number of methoxy groups -OCH3 is 2. The number of ether oxygens (including phenoxy) is 2. The Morgan fingerprint density at radius 2 is 1.30 bits per heavy atom. The number of unbranched alkanes of at least 4 members (excludes halogenated alkanes) is 4. The Kier molecular flexibility index (Phi) is 14.2. The van der Waals surface area contributed by atoms with Gasteiger partial charge in [0.15, 0.2) is 0 Å². The van der Waals surface area contributed by atoms with E-state index in [4.69, 9.17) is 21.3 Å². The van der Waals surface area contributed by atoms with Crippen molar-refractivity contribution in [1.82, 2.24) is 0 Å². The van der Waals surface area contributed by atoms with E-state index in [2.05, 4.69) is 74.1 Å². The first-order valence-electron chi connectivity index (χ1n) is 12.1. The first kappa shape index (κ1) is 28.8. The number of hydrogen-bond donors (Lipinski definition) is 0. The standard InChI is InChI=1S/C27H41O2PS2Se/c1-5-6-7-8-9-22-32-23(2)33-30(31,20-18-24-10-14-26(28-3)15-11-24)21-19-25-12-16-27(29-4)17-13-25/h10-17,23H,5-9,18-22H2,1-4H3. The molecule has 0 aromatic heterocycles. The third-order valence-corrected chi connectivity index (χ3v) is 20.4. The van der Waals surface area contributed by atoms with Crippen molar-refractivity contribution in [3.63, 3.8) is 0 Å². The minimum absolute atomic E-state index is 0.523. The van der Waals surface area contributed by atoms with Gasteiger partial charge in [-0.2, -0.15) is 0 Å². The van der Waals surface area contributed by atoms with E-state index < -0.39 is 4.73 Å². The van der Waals surface area contributed by atoms with Crippen molar-refractivity contribution in [2.75, 3.05) is 32.3 Å². The Hall–Kier alpha value is -0.441. The quantitative estimate of drug-likeness (QED) is 0.110. The molecule has 0 saturated carbocycles. The van der Waals surface area contributed by atoms with Crippen LogP contribution < -0.4 is 9.47 Å². The fourth-order valence-corrected chi connectivity index (χ4v) is 20.4. The van der Waals surface area contributed by atoms with E-state index in [1.807, 2.05) is 0 Å². The summed E-state index contributed by atoms with van der Waals surface area (Å²) in [6, 6.07) is 17.1. The van der Waals surface area contributed by atoms with Gasteiger partial charge in [-0.05, 0) is 0 Å². The molecule has 33 heavy (non-hydrogen) atoms. The van der Waals surface area contributed by atoms with Crippen LogP contribution >= 0.6 is 16.5 Å². The van der Waals surface area contributed by atoms with Gasteiger partial charge < -0.3 is 0 Å². The van der Waals surface area contributed by atoms with Gasteiger partial charge in [-0.25, -0.2) is 0 Å². The van der Waals surface area contributed by atoms with Gasteiger partial charge in [-0.3, -0.25) is 0 Å². The minimum atomic E-state index is -1.40. The molecule has 0 saturated heterocycles. The third kappa shape index (κ3) is 11.7. The molecule has 1 unspecified atom stereocenters. The van der Waals surface area contributed by atoms with Crippen molar-refractivity contribution >= 4 is 42.8 Å². The average molecular weight is 572 g/mol. The summed E-state index contributed by atoms with van der Waals surface area (Å²) in [5.41, 5.74) is 2.75. The molecular weight excluding hydrogens is 530 g/mol. The zero-order chi connectivity index (χ0) is 23.9. The van der Waals surface area contributed by atoms with Gasteiger partial charge in [0.25, 0.3) is 0 Å². The van der Waals surface area contributed by atoms with Gasteiger partial charge in [-0.1, -0.05) is 0 Å². The van der Waals surface area contributed by atoms with Crippen molar-refractivity contribution in [2.24, 2.45) is 0 Å². The molecule has 1 atom stereocenters. The Balaban J connectivity index is 1.94. The molecule has 2 rings (SSSR count). The first-order chi connectivity index (χ1) is 16.0. The number of rotatable bonds is 17. The molecule has 0 fully saturated rings. The number of aryl methyl sites for hydroxylation is 2. The molecule has 2 aromatic carbocycles. The molecule has 0 bridgehead atoms. The summed E-state index contributed by atoms with van der Waals surface area (Å²) in [5.74, 6) is 3.13. The second-order valence-electron chi connectivity index (χ2n) is 8.42. The summed E-state index contributed by atoms with van der Waals surface area (Å²) in [4.78, 5) is 0. The van der Waals surface area contributed by atoms with Crippen LogP contribution in [-0.2, 0) is 24.6 Å². The summed E-state index contributed by atoms with van der Waals surface area (Å²) in [6.45, 7) is 4.71. The van der Waals surface area contributed by atoms with E-state index in [1.54, 1.807) is 14.2 Å². The van der Waals surface area contributed by atoms with E-state index in [0.29, 0.717) is 18.7 Å². The van der Waals surface area contributed by atoms with Crippen molar-refractivity contribution < 1.29 is 9.47 Å². The van der Waals surface area contributed by atoms with E-state index in [1.165, 1.54) is 61.3 Å². The van der Waals surface area contributed by atoms with Crippen molar-refractivity contribution in [3.05, 3.63) is 59.7 Å². The van der Waals surface area contributed by atoms with Crippen LogP contribution in [0.4, 0.5) is 0 Å². The van der Waals surface area contributed by atoms with Gasteiger partial charge in [0, 0.05) is 0 Å². The van der Waals surface area contributed by atoms with Crippen molar-refractivity contribution in [3.8, 4) is 11.5 Å². The summed E-state index contributed by atoms with van der Waals surface area (Å²) in [5, 5.41) is 0. The van der Waals surface area contributed by atoms with E-state index in [-0.39, 0.29) is 0 Å². The van der Waals surface area contributed by atoms with Crippen molar-refractivity contribution in [1.29, 1.82) is 0 Å². The van der Waals surface area contributed by atoms with Crippen LogP contribution in [0.5, 0.6) is 11.5 Å². The van der Waals surface area contributed by atoms with Gasteiger partial charge in [0.05, 0.1) is 0 Å². The average Bonchev–Trinajstić information content (AvgIpc) is 2.84. The van der Waals surface area contributed by atoms with Crippen LogP contribution in [0.2, 0.25) is 0 Å². The molecule has 0 aliphatic carbocycles. The number of benzene rings is 2. The van der Waals surface area contributed by atoms with E-state index in [0.717, 1.165) is 24.3 Å². The molecular formula is C27H41O2PS2Se. The Morgan fingerprint density at radius 1 is 0.818 bits per heavy atom. The summed E-state index contributed by atoms with van der Waals surface area (Å²) in [7, 11) is 3.44. The topological polar surface area (TPSA) is 18.5 Å². The molecule has 0 aliphatic rings. The van der Waals surface area contributed by atoms with E-state index in [9.17, 15) is 0 Å². The zero-order valence-corrected chi connectivity index (χ0v) is 25.0. The van der Waals surface area contributed by atoms with E-state index >= 15 is 0 Å². The van der Waals surface area contributed by atoms with Crippen LogP contribution in [0.15, 0.2) is 48.5 Å². The molecule has 0 spiro atoms. The van der Waals surface area contributed by atoms with Crippen molar-refractivity contribution in [2.45, 2.75) is 62.9 Å². The molecule has 2 nitrogen and oxygen atoms in total. The number of hydrogen-bond acceptors (Lipinski definition) is 4. The molecule has 184 valence electrons. The second-order valence-corrected chi connectivity index (χ2v) is 24.1. The molecule has 0 heterocycles. The molecule has 6 heteroatoms. The second kappa shape index (κ2) is 16.3. The molecule has 2 aromatic rings. The molecule has 0 radical (unpaired) electrons. The maximum atomic E-state index is 6.49. The van der Waals surface area contributed by atoms with Crippen LogP contribution in [-0.4, -0.2) is 51.0 Å². The van der Waals surface area contributed by atoms with Gasteiger partial charge in [0.2, 0.25) is 0 Å². The summed E-state index contributed by atoms with van der Waals surface area (Å²) in [6.07, 6.45) is 11.3. The predicted molar refractivity (Wildman–Crippen MR) is 154 cm³/mol. The molecule has 0 aliphatic heterocycles. The zero-order valence-electron chi connectivity index (χ0n) is 20.8. The summed E-state index contributed by atoms with van der Waals surface area (Å²) < 4.78 is 9.95. The Bertz CT molecular complexity index is 772. The fraction of sp³-hybridized carbons (Fsp3) is 0.556. The monoisotopic (exact) mass is 572 g/mol. The first-order valence-corrected chi connectivity index (χ1v) is 19.5. The van der Waals surface area contributed by atoms with Crippen LogP contribution in [0, 0.1) is 0 Å². The normalized spacial score (nSPS) is 12.5.